The number of piperidine rings is 1. The fourth-order valence-corrected chi connectivity index (χ4v) is 6.25. The first kappa shape index (κ1) is 22.7. The van der Waals surface area contributed by atoms with Gasteiger partial charge in [0.25, 0.3) is 5.91 Å². The average Bonchev–Trinajstić information content (AvgIpc) is 3.22. The quantitative estimate of drug-likeness (QED) is 0.623. The van der Waals surface area contributed by atoms with Gasteiger partial charge in [-0.2, -0.15) is 13.2 Å². The smallest absolute Gasteiger partial charge is 0.375 e. The third-order valence-corrected chi connectivity index (χ3v) is 7.90. The van der Waals surface area contributed by atoms with Crippen LogP contribution < -0.4 is 4.90 Å². The third kappa shape index (κ3) is 3.93. The molecule has 9 heteroatoms. The summed E-state index contributed by atoms with van der Waals surface area (Å²) in [6.45, 7) is 4.66. The number of amides is 3. The Labute approximate surface area is 191 Å². The van der Waals surface area contributed by atoms with Crippen molar-refractivity contribution in [3.05, 3.63) is 29.8 Å². The number of likely N-dealkylation sites (tertiary alicyclic amines) is 1. The number of carbonyl (C=O) groups excluding carboxylic acids is 2. The number of hydrogen-bond donors (Lipinski definition) is 0. The lowest BCUT2D eigenvalue weighted by molar-refractivity contribution is -0.137. The number of ether oxygens (including phenoxy) is 1. The number of fused-ring (bicyclic) bond motifs is 2. The summed E-state index contributed by atoms with van der Waals surface area (Å²) < 4.78 is 44.8. The number of rotatable bonds is 4. The molecule has 4 fully saturated rings. The van der Waals surface area contributed by atoms with Crippen molar-refractivity contribution in [3.8, 4) is 0 Å². The van der Waals surface area contributed by atoms with E-state index in [4.69, 9.17) is 4.74 Å². The van der Waals surface area contributed by atoms with Gasteiger partial charge in [-0.15, -0.1) is 0 Å². The van der Waals surface area contributed by atoms with Gasteiger partial charge in [0.05, 0.1) is 23.5 Å². The van der Waals surface area contributed by atoms with Gasteiger partial charge in [-0.25, -0.2) is 9.69 Å². The summed E-state index contributed by atoms with van der Waals surface area (Å²) in [5.41, 5.74) is -1.53. The van der Waals surface area contributed by atoms with E-state index < -0.39 is 23.3 Å². The second-order valence-corrected chi connectivity index (χ2v) is 9.84. The minimum Gasteiger partial charge on any atom is -0.375 e. The van der Waals surface area contributed by atoms with Crippen molar-refractivity contribution in [2.45, 2.75) is 69.4 Å². The first-order valence-electron chi connectivity index (χ1n) is 11.9. The maximum absolute atomic E-state index is 13.5. The van der Waals surface area contributed by atoms with Gasteiger partial charge in [0.1, 0.15) is 5.54 Å². The van der Waals surface area contributed by atoms with Gasteiger partial charge in [0, 0.05) is 26.2 Å². The third-order valence-electron chi connectivity index (χ3n) is 7.90. The topological polar surface area (TPSA) is 53.1 Å². The Bertz CT molecular complexity index is 900. The zero-order valence-corrected chi connectivity index (χ0v) is 18.8. The number of alkyl halides is 3. The number of likely N-dealkylation sites (N-methyl/N-ethyl adjacent to an activating group) is 1. The van der Waals surface area contributed by atoms with Crippen LogP contribution in [0, 0.1) is 5.92 Å². The van der Waals surface area contributed by atoms with Crippen LogP contribution in [-0.2, 0) is 15.7 Å². The van der Waals surface area contributed by atoms with Crippen molar-refractivity contribution < 1.29 is 27.5 Å². The molecule has 0 radical (unpaired) electrons. The van der Waals surface area contributed by atoms with Crippen molar-refractivity contribution in [2.24, 2.45) is 5.92 Å². The normalized spacial score (nSPS) is 30.0. The highest BCUT2D eigenvalue weighted by atomic mass is 19.4. The largest absolute Gasteiger partial charge is 0.416 e. The molecule has 1 spiro atoms. The molecule has 0 N–H and O–H groups in total. The maximum atomic E-state index is 13.5. The average molecular weight is 466 g/mol. The summed E-state index contributed by atoms with van der Waals surface area (Å²) in [6.07, 6.45) is 1.91. The maximum Gasteiger partial charge on any atom is 0.416 e. The standard InChI is InChI=1S/C24H30F3N3O3/c1-2-29-22(32)30(18-5-3-17(4-6-18)24(25,26)27)21(31)23(29)9-11-28(12-10-23)15-16-13-19-7-8-20(14-16)33-19/h3-6,16,19-20H,2,7-15H2,1H3/t16?,19-,20+. The Hall–Kier alpha value is -2.13. The van der Waals surface area contributed by atoms with Crippen LogP contribution in [0.3, 0.4) is 0 Å². The first-order chi connectivity index (χ1) is 15.7. The van der Waals surface area contributed by atoms with E-state index in [9.17, 15) is 22.8 Å². The summed E-state index contributed by atoms with van der Waals surface area (Å²) >= 11 is 0. The van der Waals surface area contributed by atoms with E-state index in [2.05, 4.69) is 4.90 Å². The molecule has 3 amide bonds. The van der Waals surface area contributed by atoms with E-state index >= 15 is 0 Å². The number of hydrogen-bond acceptors (Lipinski definition) is 4. The minimum atomic E-state index is -4.47. The molecule has 6 nitrogen and oxygen atoms in total. The Morgan fingerprint density at radius 3 is 2.18 bits per heavy atom. The van der Waals surface area contributed by atoms with Crippen LogP contribution >= 0.6 is 0 Å². The van der Waals surface area contributed by atoms with Crippen LogP contribution in [-0.4, -0.2) is 65.7 Å². The molecule has 33 heavy (non-hydrogen) atoms. The number of urea groups is 1. The van der Waals surface area contributed by atoms with Crippen molar-refractivity contribution >= 4 is 17.6 Å². The number of benzene rings is 1. The molecule has 1 aromatic carbocycles. The lowest BCUT2D eigenvalue weighted by Gasteiger charge is -2.43. The summed E-state index contributed by atoms with van der Waals surface area (Å²) in [7, 11) is 0. The minimum absolute atomic E-state index is 0.188. The zero-order valence-electron chi connectivity index (χ0n) is 18.8. The molecule has 5 rings (SSSR count). The lowest BCUT2D eigenvalue weighted by atomic mass is 9.85. The molecule has 4 saturated heterocycles. The number of imide groups is 1. The number of anilines is 1. The monoisotopic (exact) mass is 465 g/mol. The van der Waals surface area contributed by atoms with Gasteiger partial charge in [-0.05, 0) is 75.6 Å². The molecule has 1 aromatic rings. The Morgan fingerprint density at radius 1 is 1.03 bits per heavy atom. The molecule has 2 bridgehead atoms. The second-order valence-electron chi connectivity index (χ2n) is 9.84. The van der Waals surface area contributed by atoms with Gasteiger partial charge in [-0.1, -0.05) is 0 Å². The molecule has 0 aromatic heterocycles. The van der Waals surface area contributed by atoms with Crippen LogP contribution in [0.5, 0.6) is 0 Å². The Morgan fingerprint density at radius 2 is 1.64 bits per heavy atom. The van der Waals surface area contributed by atoms with Crippen molar-refractivity contribution in [3.63, 3.8) is 0 Å². The Kier molecular flexibility index (Phi) is 5.68. The summed E-state index contributed by atoms with van der Waals surface area (Å²) in [5.74, 6) is 0.287. The molecule has 3 atom stereocenters. The zero-order chi connectivity index (χ0) is 23.4. The van der Waals surface area contributed by atoms with Gasteiger partial charge in [0.15, 0.2) is 0 Å². The van der Waals surface area contributed by atoms with Crippen molar-refractivity contribution in [2.75, 3.05) is 31.1 Å². The van der Waals surface area contributed by atoms with Gasteiger partial charge < -0.3 is 14.5 Å². The van der Waals surface area contributed by atoms with Crippen LogP contribution in [0.25, 0.3) is 0 Å². The van der Waals surface area contributed by atoms with E-state index in [-0.39, 0.29) is 11.6 Å². The molecule has 4 aliphatic heterocycles. The predicted molar refractivity (Wildman–Crippen MR) is 116 cm³/mol. The predicted octanol–water partition coefficient (Wildman–Crippen LogP) is 4.29. The molecule has 4 aliphatic rings. The van der Waals surface area contributed by atoms with Crippen molar-refractivity contribution in [1.82, 2.24) is 9.80 Å². The fourth-order valence-electron chi connectivity index (χ4n) is 6.25. The van der Waals surface area contributed by atoms with Crippen LogP contribution in [0.4, 0.5) is 23.7 Å². The Balaban J connectivity index is 1.29. The van der Waals surface area contributed by atoms with Crippen LogP contribution in [0.1, 0.15) is 51.0 Å². The fraction of sp³-hybridized carbons (Fsp3) is 0.667. The van der Waals surface area contributed by atoms with E-state index in [1.54, 1.807) is 4.90 Å². The highest BCUT2D eigenvalue weighted by molar-refractivity contribution is 6.23. The molecular formula is C24H30F3N3O3. The van der Waals surface area contributed by atoms with E-state index in [0.29, 0.717) is 37.5 Å². The van der Waals surface area contributed by atoms with Gasteiger partial charge in [-0.3, -0.25) is 4.79 Å². The molecule has 0 aliphatic carbocycles. The lowest BCUT2D eigenvalue weighted by Crippen LogP contribution is -2.57. The highest BCUT2D eigenvalue weighted by Crippen LogP contribution is 2.41. The highest BCUT2D eigenvalue weighted by Gasteiger charge is 2.58. The molecule has 4 heterocycles. The molecular weight excluding hydrogens is 435 g/mol. The van der Waals surface area contributed by atoms with Crippen LogP contribution in [0.15, 0.2) is 24.3 Å². The van der Waals surface area contributed by atoms with Gasteiger partial charge >= 0.3 is 12.2 Å². The van der Waals surface area contributed by atoms with E-state index in [0.717, 1.165) is 62.4 Å². The number of carbonyl (C=O) groups is 2. The molecule has 1 unspecified atom stereocenters. The SMILES string of the molecule is CCN1C(=O)N(c2ccc(C(F)(F)F)cc2)C(=O)C12CCN(CC1C[C@H]3CC[C@@H](C1)O3)CC2. The molecule has 180 valence electrons. The number of halogens is 3. The number of nitrogens with zero attached hydrogens (tertiary/aromatic N) is 3. The van der Waals surface area contributed by atoms with Gasteiger partial charge in [0.2, 0.25) is 0 Å². The first-order valence-corrected chi connectivity index (χ1v) is 11.9. The van der Waals surface area contributed by atoms with Crippen molar-refractivity contribution in [1.29, 1.82) is 0 Å². The van der Waals surface area contributed by atoms with E-state index in [1.807, 2.05) is 6.92 Å². The van der Waals surface area contributed by atoms with E-state index in [1.165, 1.54) is 12.1 Å². The van der Waals surface area contributed by atoms with Crippen LogP contribution in [0.2, 0.25) is 0 Å². The summed E-state index contributed by atoms with van der Waals surface area (Å²) in [4.78, 5) is 31.8. The summed E-state index contributed by atoms with van der Waals surface area (Å²) in [5, 5.41) is 0. The summed E-state index contributed by atoms with van der Waals surface area (Å²) in [6, 6.07) is 3.80. The second kappa shape index (κ2) is 8.27. The molecule has 0 saturated carbocycles.